The van der Waals surface area contributed by atoms with Crippen LogP contribution in [0.25, 0.3) is 0 Å². The minimum Gasteiger partial charge on any atom is -0.497 e. The highest BCUT2D eigenvalue weighted by Crippen LogP contribution is 2.23. The Morgan fingerprint density at radius 1 is 0.875 bits per heavy atom. The average Bonchev–Trinajstić information content (AvgIpc) is 2.56. The van der Waals surface area contributed by atoms with Crippen LogP contribution < -0.4 is 15.4 Å². The molecule has 0 radical (unpaired) electrons. The molecule has 5 heteroatoms. The zero-order valence-electron chi connectivity index (χ0n) is 14.0. The van der Waals surface area contributed by atoms with Gasteiger partial charge in [-0.05, 0) is 37.6 Å². The summed E-state index contributed by atoms with van der Waals surface area (Å²) >= 11 is 0. The van der Waals surface area contributed by atoms with Crippen LogP contribution in [-0.2, 0) is 0 Å². The van der Waals surface area contributed by atoms with Gasteiger partial charge >= 0.3 is 0 Å². The van der Waals surface area contributed by atoms with Crippen molar-refractivity contribution in [3.8, 4) is 5.75 Å². The topological polar surface area (TPSA) is 59.1 Å². The summed E-state index contributed by atoms with van der Waals surface area (Å²) in [4.78, 5) is 9.01. The highest BCUT2D eigenvalue weighted by molar-refractivity contribution is 5.62. The predicted molar refractivity (Wildman–Crippen MR) is 97.5 cm³/mol. The van der Waals surface area contributed by atoms with Crippen molar-refractivity contribution in [2.75, 3.05) is 17.7 Å². The van der Waals surface area contributed by atoms with E-state index in [1.807, 2.05) is 68.4 Å². The molecule has 0 spiro atoms. The Labute approximate surface area is 141 Å². The molecule has 0 saturated heterocycles. The summed E-state index contributed by atoms with van der Waals surface area (Å²) in [5.74, 6) is 2.09. The maximum absolute atomic E-state index is 5.25. The van der Waals surface area contributed by atoms with Gasteiger partial charge in [0.2, 0.25) is 5.95 Å². The molecule has 2 aromatic carbocycles. The summed E-state index contributed by atoms with van der Waals surface area (Å²) in [5, 5.41) is 6.56. The molecule has 2 N–H and O–H groups in total. The predicted octanol–water partition coefficient (Wildman–Crippen LogP) is 4.59. The SMILES string of the molecule is COc1cccc(Nc2cc(C)nc(Nc3ccccc3C)n2)c1. The second-order valence-electron chi connectivity index (χ2n) is 5.52. The van der Waals surface area contributed by atoms with Gasteiger partial charge in [0.1, 0.15) is 11.6 Å². The Bertz CT molecular complexity index is 848. The first-order chi connectivity index (χ1) is 11.6. The van der Waals surface area contributed by atoms with Gasteiger partial charge in [0, 0.05) is 29.2 Å². The van der Waals surface area contributed by atoms with Gasteiger partial charge in [-0.15, -0.1) is 0 Å². The fourth-order valence-electron chi connectivity index (χ4n) is 2.37. The molecule has 3 rings (SSSR count). The van der Waals surface area contributed by atoms with E-state index in [2.05, 4.69) is 20.6 Å². The summed E-state index contributed by atoms with van der Waals surface area (Å²) in [6.07, 6.45) is 0. The van der Waals surface area contributed by atoms with E-state index < -0.39 is 0 Å². The first-order valence-corrected chi connectivity index (χ1v) is 7.73. The normalized spacial score (nSPS) is 10.3. The number of para-hydroxylation sites is 1. The third-order valence-electron chi connectivity index (χ3n) is 3.59. The van der Waals surface area contributed by atoms with Crippen LogP contribution in [0.4, 0.5) is 23.1 Å². The van der Waals surface area contributed by atoms with E-state index in [1.165, 1.54) is 0 Å². The van der Waals surface area contributed by atoms with E-state index in [0.717, 1.165) is 34.2 Å². The zero-order chi connectivity index (χ0) is 16.9. The molecule has 0 bridgehead atoms. The van der Waals surface area contributed by atoms with Gasteiger partial charge < -0.3 is 15.4 Å². The molecule has 24 heavy (non-hydrogen) atoms. The van der Waals surface area contributed by atoms with Crippen molar-refractivity contribution in [2.24, 2.45) is 0 Å². The van der Waals surface area contributed by atoms with E-state index in [-0.39, 0.29) is 0 Å². The molecule has 0 aliphatic rings. The third kappa shape index (κ3) is 3.81. The number of nitrogens with one attached hydrogen (secondary N) is 2. The average molecular weight is 320 g/mol. The molecule has 122 valence electrons. The number of hydrogen-bond acceptors (Lipinski definition) is 5. The lowest BCUT2D eigenvalue weighted by Gasteiger charge is -2.12. The van der Waals surface area contributed by atoms with Crippen LogP contribution in [0.3, 0.4) is 0 Å². The summed E-state index contributed by atoms with van der Waals surface area (Å²) < 4.78 is 5.25. The monoisotopic (exact) mass is 320 g/mol. The molecule has 5 nitrogen and oxygen atoms in total. The van der Waals surface area contributed by atoms with Crippen LogP contribution in [0.1, 0.15) is 11.3 Å². The van der Waals surface area contributed by atoms with Gasteiger partial charge in [-0.25, -0.2) is 4.98 Å². The number of methoxy groups -OCH3 is 1. The minimum atomic E-state index is 0.565. The highest BCUT2D eigenvalue weighted by atomic mass is 16.5. The van der Waals surface area contributed by atoms with E-state index in [0.29, 0.717) is 5.95 Å². The number of ether oxygens (including phenoxy) is 1. The number of aromatic nitrogens is 2. The van der Waals surface area contributed by atoms with Gasteiger partial charge in [0.05, 0.1) is 7.11 Å². The van der Waals surface area contributed by atoms with Crippen molar-refractivity contribution in [1.29, 1.82) is 0 Å². The van der Waals surface area contributed by atoms with Crippen molar-refractivity contribution < 1.29 is 4.74 Å². The lowest BCUT2D eigenvalue weighted by atomic mass is 10.2. The van der Waals surface area contributed by atoms with Crippen molar-refractivity contribution >= 4 is 23.1 Å². The Kier molecular flexibility index (Phi) is 4.61. The number of aryl methyl sites for hydroxylation is 2. The standard InChI is InChI=1S/C19H20N4O/c1-13-7-4-5-10-17(13)22-19-20-14(2)11-18(23-19)21-15-8-6-9-16(12-15)24-3/h4-12H,1-3H3,(H2,20,21,22,23). The molecular formula is C19H20N4O. The summed E-state index contributed by atoms with van der Waals surface area (Å²) in [6.45, 7) is 4.00. The maximum atomic E-state index is 5.25. The van der Waals surface area contributed by atoms with Gasteiger partial charge in [-0.1, -0.05) is 24.3 Å². The Balaban J connectivity index is 1.84. The number of hydrogen-bond donors (Lipinski definition) is 2. The zero-order valence-corrected chi connectivity index (χ0v) is 14.0. The van der Waals surface area contributed by atoms with Crippen molar-refractivity contribution in [3.63, 3.8) is 0 Å². The molecule has 0 aliphatic heterocycles. The molecule has 0 aliphatic carbocycles. The van der Waals surface area contributed by atoms with Gasteiger partial charge in [-0.3, -0.25) is 0 Å². The van der Waals surface area contributed by atoms with E-state index >= 15 is 0 Å². The number of anilines is 4. The number of nitrogens with zero attached hydrogens (tertiary/aromatic N) is 2. The first kappa shape index (κ1) is 15.8. The second kappa shape index (κ2) is 7.00. The van der Waals surface area contributed by atoms with Gasteiger partial charge in [-0.2, -0.15) is 4.98 Å². The Hall–Kier alpha value is -3.08. The lowest BCUT2D eigenvalue weighted by Crippen LogP contribution is -2.03. The summed E-state index contributed by atoms with van der Waals surface area (Å²) in [7, 11) is 1.65. The van der Waals surface area contributed by atoms with Crippen LogP contribution in [-0.4, -0.2) is 17.1 Å². The molecule has 0 atom stereocenters. The molecule has 3 aromatic rings. The number of rotatable bonds is 5. The summed E-state index contributed by atoms with van der Waals surface area (Å²) in [5.41, 5.74) is 3.93. The number of benzene rings is 2. The fraction of sp³-hybridized carbons (Fsp3) is 0.158. The minimum absolute atomic E-state index is 0.565. The van der Waals surface area contributed by atoms with Crippen LogP contribution in [0, 0.1) is 13.8 Å². The van der Waals surface area contributed by atoms with Crippen LogP contribution in [0.2, 0.25) is 0 Å². The van der Waals surface area contributed by atoms with E-state index in [4.69, 9.17) is 4.74 Å². The summed E-state index contributed by atoms with van der Waals surface area (Å²) in [6, 6.07) is 17.7. The van der Waals surface area contributed by atoms with Crippen LogP contribution in [0.5, 0.6) is 5.75 Å². The van der Waals surface area contributed by atoms with Crippen LogP contribution >= 0.6 is 0 Å². The van der Waals surface area contributed by atoms with Gasteiger partial charge in [0.15, 0.2) is 0 Å². The quantitative estimate of drug-likeness (QED) is 0.720. The first-order valence-electron chi connectivity index (χ1n) is 7.73. The highest BCUT2D eigenvalue weighted by Gasteiger charge is 2.05. The molecule has 0 fully saturated rings. The molecule has 0 unspecified atom stereocenters. The van der Waals surface area contributed by atoms with Crippen molar-refractivity contribution in [1.82, 2.24) is 9.97 Å². The van der Waals surface area contributed by atoms with Crippen LogP contribution in [0.15, 0.2) is 54.6 Å². The van der Waals surface area contributed by atoms with E-state index in [9.17, 15) is 0 Å². The molecule has 1 heterocycles. The van der Waals surface area contributed by atoms with Crippen molar-refractivity contribution in [2.45, 2.75) is 13.8 Å². The smallest absolute Gasteiger partial charge is 0.229 e. The van der Waals surface area contributed by atoms with E-state index in [1.54, 1.807) is 7.11 Å². The largest absolute Gasteiger partial charge is 0.497 e. The Morgan fingerprint density at radius 3 is 2.50 bits per heavy atom. The Morgan fingerprint density at radius 2 is 1.71 bits per heavy atom. The van der Waals surface area contributed by atoms with Crippen molar-refractivity contribution in [3.05, 3.63) is 65.9 Å². The second-order valence-corrected chi connectivity index (χ2v) is 5.52. The van der Waals surface area contributed by atoms with Gasteiger partial charge in [0.25, 0.3) is 0 Å². The third-order valence-corrected chi connectivity index (χ3v) is 3.59. The maximum Gasteiger partial charge on any atom is 0.229 e. The fourth-order valence-corrected chi connectivity index (χ4v) is 2.37. The molecule has 0 amide bonds. The molecule has 0 saturated carbocycles. The molecular weight excluding hydrogens is 300 g/mol. The lowest BCUT2D eigenvalue weighted by molar-refractivity contribution is 0.415. The molecule has 1 aromatic heterocycles.